The Bertz CT molecular complexity index is 989. The van der Waals surface area contributed by atoms with Gasteiger partial charge in [0.15, 0.2) is 22.9 Å². The van der Waals surface area contributed by atoms with Crippen molar-refractivity contribution >= 4 is 18.0 Å². The molecule has 0 saturated carbocycles. The van der Waals surface area contributed by atoms with Gasteiger partial charge in [0.05, 0.1) is 26.4 Å². The molecule has 0 fully saturated rings. The Balaban J connectivity index is 1.54. The third kappa shape index (κ3) is 5.79. The number of thioether (sulfide) groups is 1. The number of carbonyl (C=O) groups excluding carboxylic acids is 1. The van der Waals surface area contributed by atoms with E-state index >= 15 is 0 Å². The average Bonchev–Trinajstić information content (AvgIpc) is 3.20. The summed E-state index contributed by atoms with van der Waals surface area (Å²) >= 11 is 1.65. The molecule has 0 N–H and O–H groups in total. The highest BCUT2D eigenvalue weighted by atomic mass is 32.2. The topological polar surface area (TPSA) is 75.5 Å². The van der Waals surface area contributed by atoms with Crippen LogP contribution in [0.15, 0.2) is 47.6 Å². The van der Waals surface area contributed by atoms with Crippen LogP contribution in [0.4, 0.5) is 0 Å². The number of carbonyl (C=O) groups is 1. The molecule has 164 valence electrons. The first kappa shape index (κ1) is 22.7. The summed E-state index contributed by atoms with van der Waals surface area (Å²) in [7, 11) is 3.22. The Morgan fingerprint density at radius 3 is 2.55 bits per heavy atom. The third-order valence-corrected chi connectivity index (χ3v) is 5.81. The highest BCUT2D eigenvalue weighted by molar-refractivity contribution is 7.99. The molecule has 31 heavy (non-hydrogen) atoms. The van der Waals surface area contributed by atoms with Crippen LogP contribution >= 0.6 is 11.8 Å². The van der Waals surface area contributed by atoms with E-state index in [9.17, 15) is 4.79 Å². The van der Waals surface area contributed by atoms with Crippen LogP contribution in [0.2, 0.25) is 0 Å². The van der Waals surface area contributed by atoms with Crippen molar-refractivity contribution in [3.05, 3.63) is 59.4 Å². The molecule has 0 unspecified atom stereocenters. The summed E-state index contributed by atoms with van der Waals surface area (Å²) in [6.45, 7) is 3.38. The Kier molecular flexibility index (Phi) is 8.35. The molecule has 0 aliphatic heterocycles. The van der Waals surface area contributed by atoms with E-state index in [-0.39, 0.29) is 0 Å². The molecule has 8 heteroatoms. The molecular formula is C23H27N3O4S. The van der Waals surface area contributed by atoms with Crippen LogP contribution in [0.25, 0.3) is 0 Å². The summed E-state index contributed by atoms with van der Waals surface area (Å²) in [5, 5.41) is 9.66. The maximum Gasteiger partial charge on any atom is 0.191 e. The molecule has 1 heterocycles. The van der Waals surface area contributed by atoms with Crippen LogP contribution in [0.5, 0.6) is 17.2 Å². The SMILES string of the molecule is CCn1c(Cc2ccc(OC)cc2)nnc1SCCCOc1c(C=O)cccc1OC. The van der Waals surface area contributed by atoms with Gasteiger partial charge in [0.1, 0.15) is 11.6 Å². The zero-order chi connectivity index (χ0) is 22.1. The second-order valence-electron chi connectivity index (χ2n) is 6.71. The van der Waals surface area contributed by atoms with Gasteiger partial charge in [-0.1, -0.05) is 30.0 Å². The first-order chi connectivity index (χ1) is 15.2. The Hall–Kier alpha value is -3.00. The maximum absolute atomic E-state index is 11.2. The number of hydrogen-bond donors (Lipinski definition) is 0. The Morgan fingerprint density at radius 2 is 1.87 bits per heavy atom. The van der Waals surface area contributed by atoms with Crippen LogP contribution < -0.4 is 14.2 Å². The van der Waals surface area contributed by atoms with E-state index in [0.29, 0.717) is 23.7 Å². The van der Waals surface area contributed by atoms with Crippen LogP contribution in [0.3, 0.4) is 0 Å². The molecule has 1 aromatic heterocycles. The fourth-order valence-corrected chi connectivity index (χ4v) is 4.07. The normalized spacial score (nSPS) is 10.7. The van der Waals surface area contributed by atoms with Crippen molar-refractivity contribution < 1.29 is 19.0 Å². The van der Waals surface area contributed by atoms with E-state index < -0.39 is 0 Å². The predicted molar refractivity (Wildman–Crippen MR) is 121 cm³/mol. The maximum atomic E-state index is 11.2. The first-order valence-corrected chi connectivity index (χ1v) is 11.1. The molecule has 3 rings (SSSR count). The van der Waals surface area contributed by atoms with Crippen molar-refractivity contribution in [1.82, 2.24) is 14.8 Å². The minimum Gasteiger partial charge on any atom is -0.497 e. The number of hydrogen-bond acceptors (Lipinski definition) is 7. The summed E-state index contributed by atoms with van der Waals surface area (Å²) < 4.78 is 18.5. The molecule has 0 saturated heterocycles. The van der Waals surface area contributed by atoms with Crippen molar-refractivity contribution in [2.45, 2.75) is 31.5 Å². The number of aromatic nitrogens is 3. The van der Waals surface area contributed by atoms with Gasteiger partial charge < -0.3 is 18.8 Å². The Labute approximate surface area is 186 Å². The molecule has 0 aliphatic carbocycles. The minimum atomic E-state index is 0.479. The number of nitrogens with zero attached hydrogens (tertiary/aromatic N) is 3. The van der Waals surface area contributed by atoms with Crippen molar-refractivity contribution in [1.29, 1.82) is 0 Å². The van der Waals surface area contributed by atoms with Crippen LogP contribution in [-0.2, 0) is 13.0 Å². The van der Waals surface area contributed by atoms with E-state index in [2.05, 4.69) is 21.7 Å². The molecule has 0 bridgehead atoms. The van der Waals surface area contributed by atoms with Gasteiger partial charge >= 0.3 is 0 Å². The van der Waals surface area contributed by atoms with Gasteiger partial charge in [0.2, 0.25) is 0 Å². The number of para-hydroxylation sites is 1. The van der Waals surface area contributed by atoms with E-state index in [0.717, 1.165) is 53.7 Å². The number of rotatable bonds is 12. The molecule has 3 aromatic rings. The summed E-state index contributed by atoms with van der Waals surface area (Å²) in [5.74, 6) is 3.66. The molecule has 0 radical (unpaired) electrons. The van der Waals surface area contributed by atoms with Crippen LogP contribution in [0.1, 0.15) is 35.1 Å². The monoisotopic (exact) mass is 441 g/mol. The molecular weight excluding hydrogens is 414 g/mol. The number of aldehydes is 1. The third-order valence-electron chi connectivity index (χ3n) is 4.75. The smallest absolute Gasteiger partial charge is 0.191 e. The standard InChI is InChI=1S/C23H27N3O4S/c1-4-26-21(15-17-9-11-19(28-2)12-10-17)24-25-23(26)31-14-6-13-30-22-18(16-27)7-5-8-20(22)29-3/h5,7-12,16H,4,6,13-15H2,1-3H3. The summed E-state index contributed by atoms with van der Waals surface area (Å²) in [6.07, 6.45) is 2.29. The number of benzene rings is 2. The van der Waals surface area contributed by atoms with Crippen LogP contribution in [0, 0.1) is 0 Å². The molecule has 7 nitrogen and oxygen atoms in total. The van der Waals surface area contributed by atoms with Gasteiger partial charge in [-0.25, -0.2) is 0 Å². The van der Waals surface area contributed by atoms with Gasteiger partial charge in [-0.2, -0.15) is 0 Å². The molecule has 0 spiro atoms. The summed E-state index contributed by atoms with van der Waals surface area (Å²) in [6, 6.07) is 13.3. The van der Waals surface area contributed by atoms with Crippen molar-refractivity contribution in [3.63, 3.8) is 0 Å². The highest BCUT2D eigenvalue weighted by Gasteiger charge is 2.13. The van der Waals surface area contributed by atoms with Crippen LogP contribution in [-0.4, -0.2) is 47.6 Å². The average molecular weight is 442 g/mol. The van der Waals surface area contributed by atoms with Gasteiger partial charge in [0.25, 0.3) is 0 Å². The highest BCUT2D eigenvalue weighted by Crippen LogP contribution is 2.30. The van der Waals surface area contributed by atoms with Gasteiger partial charge in [0, 0.05) is 18.7 Å². The lowest BCUT2D eigenvalue weighted by Gasteiger charge is -2.12. The zero-order valence-electron chi connectivity index (χ0n) is 18.0. The molecule has 2 aromatic carbocycles. The fraction of sp³-hybridized carbons (Fsp3) is 0.348. The largest absolute Gasteiger partial charge is 0.497 e. The lowest BCUT2D eigenvalue weighted by Crippen LogP contribution is -2.05. The van der Waals surface area contributed by atoms with Gasteiger partial charge in [-0.3, -0.25) is 4.79 Å². The number of methoxy groups -OCH3 is 2. The molecule has 0 aliphatic rings. The van der Waals surface area contributed by atoms with E-state index in [4.69, 9.17) is 14.2 Å². The van der Waals surface area contributed by atoms with Crippen molar-refractivity contribution in [3.8, 4) is 17.2 Å². The fourth-order valence-electron chi connectivity index (χ4n) is 3.14. The first-order valence-electron chi connectivity index (χ1n) is 10.1. The van der Waals surface area contributed by atoms with Gasteiger partial charge in [-0.05, 0) is 43.2 Å². The van der Waals surface area contributed by atoms with E-state index in [1.54, 1.807) is 44.2 Å². The summed E-state index contributed by atoms with van der Waals surface area (Å²) in [4.78, 5) is 11.2. The summed E-state index contributed by atoms with van der Waals surface area (Å²) in [5.41, 5.74) is 1.65. The number of ether oxygens (including phenoxy) is 3. The lowest BCUT2D eigenvalue weighted by molar-refractivity contribution is 0.111. The molecule has 0 atom stereocenters. The van der Waals surface area contributed by atoms with Crippen molar-refractivity contribution in [2.75, 3.05) is 26.6 Å². The molecule has 0 amide bonds. The van der Waals surface area contributed by atoms with E-state index in [1.807, 2.05) is 24.3 Å². The second kappa shape index (κ2) is 11.4. The van der Waals surface area contributed by atoms with Gasteiger partial charge in [-0.15, -0.1) is 10.2 Å². The Morgan fingerprint density at radius 1 is 1.06 bits per heavy atom. The van der Waals surface area contributed by atoms with Crippen molar-refractivity contribution in [2.24, 2.45) is 0 Å². The lowest BCUT2D eigenvalue weighted by atomic mass is 10.1. The predicted octanol–water partition coefficient (Wildman–Crippen LogP) is 4.28. The second-order valence-corrected chi connectivity index (χ2v) is 7.78. The zero-order valence-corrected chi connectivity index (χ0v) is 18.9. The minimum absolute atomic E-state index is 0.479. The van der Waals surface area contributed by atoms with E-state index in [1.165, 1.54) is 0 Å². The quantitative estimate of drug-likeness (QED) is 0.236.